The fourth-order valence-electron chi connectivity index (χ4n) is 2.64. The molecule has 2 aromatic rings. The Hall–Kier alpha value is -0.300. The molecular weight excluding hydrogens is 346 g/mol. The molecule has 7 heteroatoms. The van der Waals surface area contributed by atoms with E-state index in [2.05, 4.69) is 4.98 Å². The average molecular weight is 362 g/mol. The molecule has 0 bridgehead atoms. The van der Waals surface area contributed by atoms with Gasteiger partial charge in [0.05, 0.1) is 15.1 Å². The normalized spacial score (nSPS) is 17.4. The molecule has 0 radical (unpaired) electrons. The smallest absolute Gasteiger partial charge is 0.230 e. The van der Waals surface area contributed by atoms with E-state index in [9.17, 15) is 8.42 Å². The number of halogens is 1. The maximum Gasteiger partial charge on any atom is 0.261 e. The highest BCUT2D eigenvalue weighted by molar-refractivity contribution is 8.13. The van der Waals surface area contributed by atoms with Gasteiger partial charge >= 0.3 is 0 Å². The highest BCUT2D eigenvalue weighted by Gasteiger charge is 2.16. The van der Waals surface area contributed by atoms with E-state index in [-0.39, 0.29) is 4.90 Å². The van der Waals surface area contributed by atoms with Crippen molar-refractivity contribution in [3.05, 3.63) is 18.2 Å². The van der Waals surface area contributed by atoms with Crippen LogP contribution in [0.2, 0.25) is 0 Å². The summed E-state index contributed by atoms with van der Waals surface area (Å²) >= 11 is 3.34. The first-order valence-electron chi connectivity index (χ1n) is 7.00. The van der Waals surface area contributed by atoms with Crippen LogP contribution in [0.25, 0.3) is 10.2 Å². The molecular formula is C14H16ClNO2S3. The highest BCUT2D eigenvalue weighted by Crippen LogP contribution is 2.35. The van der Waals surface area contributed by atoms with Gasteiger partial charge in [0.1, 0.15) is 0 Å². The van der Waals surface area contributed by atoms with E-state index < -0.39 is 9.05 Å². The molecule has 0 saturated heterocycles. The Morgan fingerprint density at radius 3 is 2.76 bits per heavy atom. The number of aromatic nitrogens is 1. The van der Waals surface area contributed by atoms with Crippen LogP contribution in [0.5, 0.6) is 0 Å². The topological polar surface area (TPSA) is 47.0 Å². The van der Waals surface area contributed by atoms with Crippen molar-refractivity contribution in [3.8, 4) is 0 Å². The van der Waals surface area contributed by atoms with Gasteiger partial charge in [0.2, 0.25) is 0 Å². The molecule has 1 heterocycles. The monoisotopic (exact) mass is 361 g/mol. The number of rotatable bonds is 4. The molecule has 1 aromatic heterocycles. The third-order valence-corrected chi connectivity index (χ3v) is 7.53. The van der Waals surface area contributed by atoms with Crippen molar-refractivity contribution in [1.29, 1.82) is 0 Å². The van der Waals surface area contributed by atoms with Gasteiger partial charge in [0.15, 0.2) is 4.34 Å². The SMILES string of the molecule is O=S(=O)(Cl)c1ccc2nc(SCC3CCCCC3)sc2c1. The number of nitrogens with zero attached hydrogens (tertiary/aromatic N) is 1. The van der Waals surface area contributed by atoms with Crippen LogP contribution in [0.15, 0.2) is 27.4 Å². The van der Waals surface area contributed by atoms with Crippen LogP contribution in [0.4, 0.5) is 0 Å². The molecule has 0 aliphatic heterocycles. The number of fused-ring (bicyclic) bond motifs is 1. The molecule has 1 fully saturated rings. The molecule has 1 aromatic carbocycles. The molecule has 0 N–H and O–H groups in total. The van der Waals surface area contributed by atoms with E-state index in [0.717, 1.165) is 26.2 Å². The first kappa shape index (κ1) is 15.6. The van der Waals surface area contributed by atoms with Crippen LogP contribution in [0.1, 0.15) is 32.1 Å². The van der Waals surface area contributed by atoms with Crippen molar-refractivity contribution in [2.45, 2.75) is 41.3 Å². The van der Waals surface area contributed by atoms with Gasteiger partial charge < -0.3 is 0 Å². The van der Waals surface area contributed by atoms with Gasteiger partial charge in [-0.25, -0.2) is 13.4 Å². The fraction of sp³-hybridized carbons (Fsp3) is 0.500. The summed E-state index contributed by atoms with van der Waals surface area (Å²) in [6.07, 6.45) is 6.72. The summed E-state index contributed by atoms with van der Waals surface area (Å²) in [6.45, 7) is 0. The van der Waals surface area contributed by atoms with Crippen LogP contribution < -0.4 is 0 Å². The number of thioether (sulfide) groups is 1. The van der Waals surface area contributed by atoms with Crippen LogP contribution in [-0.4, -0.2) is 19.2 Å². The van der Waals surface area contributed by atoms with Gasteiger partial charge in [-0.2, -0.15) is 0 Å². The van der Waals surface area contributed by atoms with Crippen LogP contribution in [0.3, 0.4) is 0 Å². The van der Waals surface area contributed by atoms with E-state index in [1.54, 1.807) is 35.2 Å². The zero-order chi connectivity index (χ0) is 14.9. The molecule has 0 amide bonds. The Morgan fingerprint density at radius 1 is 1.29 bits per heavy atom. The van der Waals surface area contributed by atoms with E-state index >= 15 is 0 Å². The Bertz CT molecular complexity index is 736. The number of hydrogen-bond donors (Lipinski definition) is 0. The Morgan fingerprint density at radius 2 is 2.05 bits per heavy atom. The largest absolute Gasteiger partial charge is 0.261 e. The van der Waals surface area contributed by atoms with Crippen molar-refractivity contribution >= 4 is 53.0 Å². The van der Waals surface area contributed by atoms with Crippen LogP contribution >= 0.6 is 33.8 Å². The lowest BCUT2D eigenvalue weighted by Gasteiger charge is -2.20. The molecule has 3 nitrogen and oxygen atoms in total. The van der Waals surface area contributed by atoms with Crippen molar-refractivity contribution in [2.75, 3.05) is 5.75 Å². The lowest BCUT2D eigenvalue weighted by atomic mass is 9.91. The van der Waals surface area contributed by atoms with Crippen molar-refractivity contribution in [2.24, 2.45) is 5.92 Å². The predicted molar refractivity (Wildman–Crippen MR) is 90.0 cm³/mol. The van der Waals surface area contributed by atoms with Gasteiger partial charge in [-0.05, 0) is 37.0 Å². The lowest BCUT2D eigenvalue weighted by Crippen LogP contribution is -2.08. The standard InChI is InChI=1S/C14H16ClNO2S3/c15-21(17,18)11-6-7-12-13(8-11)20-14(16-12)19-9-10-4-2-1-3-5-10/h6-8,10H,1-5,9H2. The van der Waals surface area contributed by atoms with Gasteiger partial charge in [0.25, 0.3) is 9.05 Å². The summed E-state index contributed by atoms with van der Waals surface area (Å²) in [7, 11) is 1.71. The number of benzene rings is 1. The third kappa shape index (κ3) is 3.92. The Balaban J connectivity index is 1.74. The highest BCUT2D eigenvalue weighted by atomic mass is 35.7. The van der Waals surface area contributed by atoms with E-state index in [1.807, 2.05) is 0 Å². The molecule has 0 spiro atoms. The van der Waals surface area contributed by atoms with Crippen LogP contribution in [0, 0.1) is 5.92 Å². The molecule has 1 aliphatic carbocycles. The summed E-state index contributed by atoms with van der Waals surface area (Å²) in [4.78, 5) is 4.71. The Labute approximate surface area is 137 Å². The minimum Gasteiger partial charge on any atom is -0.230 e. The second-order valence-electron chi connectivity index (χ2n) is 5.36. The Kier molecular flexibility index (Phi) is 4.78. The maximum atomic E-state index is 11.4. The zero-order valence-corrected chi connectivity index (χ0v) is 14.6. The summed E-state index contributed by atoms with van der Waals surface area (Å²) in [5.41, 5.74) is 0.843. The minimum absolute atomic E-state index is 0.143. The molecule has 21 heavy (non-hydrogen) atoms. The second kappa shape index (κ2) is 6.44. The molecule has 0 atom stereocenters. The molecule has 114 valence electrons. The fourth-order valence-corrected chi connectivity index (χ4v) is 5.81. The van der Waals surface area contributed by atoms with Crippen molar-refractivity contribution in [1.82, 2.24) is 4.98 Å². The molecule has 0 unspecified atom stereocenters. The lowest BCUT2D eigenvalue weighted by molar-refractivity contribution is 0.391. The summed E-state index contributed by atoms with van der Waals surface area (Å²) in [5.74, 6) is 1.91. The summed E-state index contributed by atoms with van der Waals surface area (Å²) in [6, 6.07) is 4.85. The van der Waals surface area contributed by atoms with Crippen molar-refractivity contribution in [3.63, 3.8) is 0 Å². The third-order valence-electron chi connectivity index (χ3n) is 3.79. The van der Waals surface area contributed by atoms with E-state index in [1.165, 1.54) is 38.2 Å². The minimum atomic E-state index is -3.67. The van der Waals surface area contributed by atoms with Crippen LogP contribution in [-0.2, 0) is 9.05 Å². The maximum absolute atomic E-state index is 11.4. The van der Waals surface area contributed by atoms with Gasteiger partial charge in [-0.1, -0.05) is 31.0 Å². The van der Waals surface area contributed by atoms with Gasteiger partial charge in [-0.15, -0.1) is 11.3 Å². The molecule has 1 saturated carbocycles. The first-order valence-corrected chi connectivity index (χ1v) is 11.1. The van der Waals surface area contributed by atoms with Crippen molar-refractivity contribution < 1.29 is 8.42 Å². The summed E-state index contributed by atoms with van der Waals surface area (Å²) < 4.78 is 24.6. The summed E-state index contributed by atoms with van der Waals surface area (Å²) in [5, 5.41) is 0. The first-order chi connectivity index (χ1) is 10.0. The zero-order valence-electron chi connectivity index (χ0n) is 11.4. The number of hydrogen-bond acceptors (Lipinski definition) is 5. The molecule has 3 rings (SSSR count). The average Bonchev–Trinajstić information content (AvgIpc) is 2.87. The molecule has 1 aliphatic rings. The van der Waals surface area contributed by atoms with E-state index in [0.29, 0.717) is 0 Å². The number of thiazole rings is 1. The van der Waals surface area contributed by atoms with Gasteiger partial charge in [-0.3, -0.25) is 0 Å². The van der Waals surface area contributed by atoms with E-state index in [4.69, 9.17) is 10.7 Å². The predicted octanol–water partition coefficient (Wildman–Crippen LogP) is 4.90. The van der Waals surface area contributed by atoms with Gasteiger partial charge in [0, 0.05) is 16.4 Å². The quantitative estimate of drug-likeness (QED) is 0.574. The second-order valence-corrected chi connectivity index (χ2v) is 10.2.